The molecule has 0 unspecified atom stereocenters. The van der Waals surface area contributed by atoms with Crippen LogP contribution in [0.4, 0.5) is 0 Å². The molecule has 3 aromatic rings. The van der Waals surface area contributed by atoms with Gasteiger partial charge in [-0.15, -0.1) is 0 Å². The lowest BCUT2D eigenvalue weighted by Gasteiger charge is -1.96. The van der Waals surface area contributed by atoms with E-state index in [0.717, 1.165) is 11.3 Å². The highest BCUT2D eigenvalue weighted by molar-refractivity contribution is 5.39. The number of hydrogen-bond acceptors (Lipinski definition) is 5. The molecule has 0 fully saturated rings. The molecule has 0 amide bonds. The summed E-state index contributed by atoms with van der Waals surface area (Å²) < 4.78 is 6.89. The molecule has 92 valence electrons. The normalized spacial score (nSPS) is 11.2. The SMILES string of the molecule is Cc1nc(CNCc2cn3ccccc3n2)no1. The van der Waals surface area contributed by atoms with E-state index in [1.165, 1.54) is 0 Å². The van der Waals surface area contributed by atoms with E-state index in [1.807, 2.05) is 35.0 Å². The van der Waals surface area contributed by atoms with Crippen LogP contribution in [0, 0.1) is 6.92 Å². The van der Waals surface area contributed by atoms with Gasteiger partial charge in [-0.3, -0.25) is 0 Å². The number of rotatable bonds is 4. The van der Waals surface area contributed by atoms with Crippen molar-refractivity contribution in [1.29, 1.82) is 0 Å². The monoisotopic (exact) mass is 243 g/mol. The third-order valence-electron chi connectivity index (χ3n) is 2.57. The third kappa shape index (κ3) is 2.23. The number of imidazole rings is 1. The van der Waals surface area contributed by atoms with E-state index >= 15 is 0 Å². The highest BCUT2D eigenvalue weighted by Gasteiger charge is 2.03. The van der Waals surface area contributed by atoms with Gasteiger partial charge in [-0.2, -0.15) is 4.98 Å². The molecule has 0 saturated heterocycles. The van der Waals surface area contributed by atoms with Crippen LogP contribution >= 0.6 is 0 Å². The van der Waals surface area contributed by atoms with Gasteiger partial charge >= 0.3 is 0 Å². The Labute approximate surface area is 104 Å². The predicted molar refractivity (Wildman–Crippen MR) is 64.8 cm³/mol. The summed E-state index contributed by atoms with van der Waals surface area (Å²) in [5.74, 6) is 1.25. The maximum atomic E-state index is 4.89. The minimum Gasteiger partial charge on any atom is -0.340 e. The standard InChI is InChI=1S/C12H13N5O/c1-9-14-11(16-18-9)7-13-6-10-8-17-5-3-2-4-12(17)15-10/h2-5,8,13H,6-7H2,1H3. The summed E-state index contributed by atoms with van der Waals surface area (Å²) in [5, 5.41) is 7.05. The summed E-state index contributed by atoms with van der Waals surface area (Å²) in [6.45, 7) is 3.03. The molecule has 3 rings (SSSR count). The molecule has 6 nitrogen and oxygen atoms in total. The van der Waals surface area contributed by atoms with Gasteiger partial charge in [-0.05, 0) is 12.1 Å². The van der Waals surface area contributed by atoms with Crippen molar-refractivity contribution >= 4 is 5.65 Å². The average molecular weight is 243 g/mol. The number of aromatic nitrogens is 4. The summed E-state index contributed by atoms with van der Waals surface area (Å²) in [5.41, 5.74) is 1.94. The van der Waals surface area contributed by atoms with E-state index in [9.17, 15) is 0 Å². The van der Waals surface area contributed by atoms with E-state index in [2.05, 4.69) is 20.4 Å². The van der Waals surface area contributed by atoms with Crippen molar-refractivity contribution in [3.8, 4) is 0 Å². The number of nitrogens with zero attached hydrogens (tertiary/aromatic N) is 4. The zero-order chi connectivity index (χ0) is 12.4. The van der Waals surface area contributed by atoms with Crippen molar-refractivity contribution in [3.05, 3.63) is 48.0 Å². The fraction of sp³-hybridized carbons (Fsp3) is 0.250. The second kappa shape index (κ2) is 4.58. The third-order valence-corrected chi connectivity index (χ3v) is 2.57. The largest absolute Gasteiger partial charge is 0.340 e. The van der Waals surface area contributed by atoms with Crippen molar-refractivity contribution in [2.45, 2.75) is 20.0 Å². The van der Waals surface area contributed by atoms with Crippen LogP contribution in [0.25, 0.3) is 5.65 Å². The molecule has 18 heavy (non-hydrogen) atoms. The summed E-state index contributed by atoms with van der Waals surface area (Å²) in [4.78, 5) is 8.60. The van der Waals surface area contributed by atoms with Gasteiger partial charge in [0, 0.05) is 25.9 Å². The van der Waals surface area contributed by atoms with Gasteiger partial charge in [0.25, 0.3) is 0 Å². The summed E-state index contributed by atoms with van der Waals surface area (Å²) in [7, 11) is 0. The first-order chi connectivity index (χ1) is 8.81. The molecule has 0 aliphatic carbocycles. The van der Waals surface area contributed by atoms with Crippen LogP contribution in [0.3, 0.4) is 0 Å². The quantitative estimate of drug-likeness (QED) is 0.748. The zero-order valence-electron chi connectivity index (χ0n) is 10.00. The number of aryl methyl sites for hydroxylation is 1. The fourth-order valence-electron chi connectivity index (χ4n) is 1.79. The molecule has 6 heteroatoms. The van der Waals surface area contributed by atoms with Crippen molar-refractivity contribution in [1.82, 2.24) is 24.8 Å². The average Bonchev–Trinajstić information content (AvgIpc) is 2.95. The Bertz CT molecular complexity index is 624. The first-order valence-corrected chi connectivity index (χ1v) is 5.74. The van der Waals surface area contributed by atoms with E-state index in [0.29, 0.717) is 24.8 Å². The molecular weight excluding hydrogens is 230 g/mol. The van der Waals surface area contributed by atoms with Gasteiger partial charge in [0.1, 0.15) is 5.65 Å². The molecule has 0 radical (unpaired) electrons. The summed E-state index contributed by atoms with van der Waals surface area (Å²) >= 11 is 0. The maximum Gasteiger partial charge on any atom is 0.223 e. The van der Waals surface area contributed by atoms with Crippen LogP contribution in [0.2, 0.25) is 0 Å². The molecule has 0 spiro atoms. The van der Waals surface area contributed by atoms with Gasteiger partial charge in [0.05, 0.1) is 12.2 Å². The van der Waals surface area contributed by atoms with Gasteiger partial charge in [0.15, 0.2) is 5.82 Å². The van der Waals surface area contributed by atoms with Gasteiger partial charge in [-0.25, -0.2) is 4.98 Å². The van der Waals surface area contributed by atoms with Crippen LogP contribution in [0.1, 0.15) is 17.4 Å². The number of nitrogens with one attached hydrogen (secondary N) is 1. The smallest absolute Gasteiger partial charge is 0.223 e. The molecule has 3 aromatic heterocycles. The Kier molecular flexibility index (Phi) is 2.77. The Balaban J connectivity index is 1.62. The minimum absolute atomic E-state index is 0.575. The minimum atomic E-state index is 0.575. The van der Waals surface area contributed by atoms with Crippen LogP contribution in [-0.4, -0.2) is 19.5 Å². The predicted octanol–water partition coefficient (Wildman–Crippen LogP) is 1.32. The van der Waals surface area contributed by atoms with Crippen LogP contribution in [0.5, 0.6) is 0 Å². The first-order valence-electron chi connectivity index (χ1n) is 5.74. The Morgan fingerprint density at radius 1 is 1.28 bits per heavy atom. The van der Waals surface area contributed by atoms with Crippen molar-refractivity contribution in [3.63, 3.8) is 0 Å². The Morgan fingerprint density at radius 3 is 3.00 bits per heavy atom. The molecular formula is C12H13N5O. The number of pyridine rings is 1. The molecule has 0 bridgehead atoms. The van der Waals surface area contributed by atoms with Gasteiger partial charge in [0.2, 0.25) is 5.89 Å². The van der Waals surface area contributed by atoms with Gasteiger partial charge < -0.3 is 14.2 Å². The van der Waals surface area contributed by atoms with E-state index < -0.39 is 0 Å². The molecule has 0 saturated carbocycles. The first kappa shape index (κ1) is 10.9. The van der Waals surface area contributed by atoms with Crippen molar-refractivity contribution < 1.29 is 4.52 Å². The second-order valence-electron chi connectivity index (χ2n) is 4.03. The highest BCUT2D eigenvalue weighted by Crippen LogP contribution is 2.04. The lowest BCUT2D eigenvalue weighted by Crippen LogP contribution is -2.13. The summed E-state index contributed by atoms with van der Waals surface area (Å²) in [6.07, 6.45) is 3.98. The van der Waals surface area contributed by atoms with Crippen LogP contribution in [0.15, 0.2) is 35.1 Å². The molecule has 0 aliphatic heterocycles. The summed E-state index contributed by atoms with van der Waals surface area (Å²) in [6, 6.07) is 5.93. The lowest BCUT2D eigenvalue weighted by atomic mass is 10.4. The fourth-order valence-corrected chi connectivity index (χ4v) is 1.79. The number of hydrogen-bond donors (Lipinski definition) is 1. The van der Waals surface area contributed by atoms with Crippen molar-refractivity contribution in [2.75, 3.05) is 0 Å². The van der Waals surface area contributed by atoms with E-state index in [4.69, 9.17) is 4.52 Å². The Morgan fingerprint density at radius 2 is 2.22 bits per heavy atom. The molecule has 0 atom stereocenters. The van der Waals surface area contributed by atoms with E-state index in [1.54, 1.807) is 6.92 Å². The molecule has 3 heterocycles. The zero-order valence-corrected chi connectivity index (χ0v) is 10.00. The van der Waals surface area contributed by atoms with Crippen molar-refractivity contribution in [2.24, 2.45) is 0 Å². The topological polar surface area (TPSA) is 68.2 Å². The molecule has 0 aliphatic rings. The van der Waals surface area contributed by atoms with E-state index in [-0.39, 0.29) is 0 Å². The highest BCUT2D eigenvalue weighted by atomic mass is 16.5. The second-order valence-corrected chi connectivity index (χ2v) is 4.03. The Hall–Kier alpha value is -2.21. The molecule has 0 aromatic carbocycles. The van der Waals surface area contributed by atoms with Gasteiger partial charge in [-0.1, -0.05) is 11.2 Å². The molecule has 1 N–H and O–H groups in total. The maximum absolute atomic E-state index is 4.89. The number of fused-ring (bicyclic) bond motifs is 1. The van der Waals surface area contributed by atoms with Crippen LogP contribution in [-0.2, 0) is 13.1 Å². The van der Waals surface area contributed by atoms with Crippen LogP contribution < -0.4 is 5.32 Å². The lowest BCUT2D eigenvalue weighted by molar-refractivity contribution is 0.385.